The van der Waals surface area contributed by atoms with Crippen LogP contribution in [-0.4, -0.2) is 26.1 Å². The van der Waals surface area contributed by atoms with Gasteiger partial charge in [-0.25, -0.2) is 4.98 Å². The van der Waals surface area contributed by atoms with Crippen molar-refractivity contribution in [3.8, 4) is 0 Å². The number of benzene rings is 1. The van der Waals surface area contributed by atoms with Crippen LogP contribution in [0.4, 0.5) is 5.82 Å². The van der Waals surface area contributed by atoms with Crippen molar-refractivity contribution in [3.05, 3.63) is 53.0 Å². The molecule has 5 nitrogen and oxygen atoms in total. The van der Waals surface area contributed by atoms with Gasteiger partial charge < -0.3 is 5.32 Å². The van der Waals surface area contributed by atoms with Crippen molar-refractivity contribution in [1.82, 2.24) is 19.6 Å². The van der Waals surface area contributed by atoms with E-state index in [1.807, 2.05) is 19.9 Å². The van der Waals surface area contributed by atoms with E-state index in [0.717, 1.165) is 30.3 Å². The molecule has 5 heteroatoms. The summed E-state index contributed by atoms with van der Waals surface area (Å²) >= 11 is 0. The maximum atomic E-state index is 4.38. The first-order valence-electron chi connectivity index (χ1n) is 7.12. The summed E-state index contributed by atoms with van der Waals surface area (Å²) in [6, 6.07) is 10.6. The number of anilines is 1. The van der Waals surface area contributed by atoms with Crippen LogP contribution in [0.3, 0.4) is 0 Å². The lowest BCUT2D eigenvalue weighted by Crippen LogP contribution is -2.10. The maximum Gasteiger partial charge on any atom is 0.254 e. The first-order chi connectivity index (χ1) is 10.1. The molecule has 1 N–H and O–H groups in total. The highest BCUT2D eigenvalue weighted by molar-refractivity contribution is 5.45. The Hall–Kier alpha value is -2.43. The Balaban J connectivity index is 1.74. The molecule has 1 aromatic carbocycles. The summed E-state index contributed by atoms with van der Waals surface area (Å²) in [4.78, 5) is 8.69. The summed E-state index contributed by atoms with van der Waals surface area (Å²) in [7, 11) is 0. The molecule has 0 amide bonds. The lowest BCUT2D eigenvalue weighted by atomic mass is 10.1. The zero-order valence-electron chi connectivity index (χ0n) is 12.6. The molecule has 0 aliphatic heterocycles. The molecule has 3 aromatic rings. The predicted molar refractivity (Wildman–Crippen MR) is 83.6 cm³/mol. The van der Waals surface area contributed by atoms with Crippen LogP contribution in [0.2, 0.25) is 0 Å². The number of rotatable bonds is 4. The number of fused-ring (bicyclic) bond motifs is 1. The van der Waals surface area contributed by atoms with E-state index in [2.05, 4.69) is 51.6 Å². The van der Waals surface area contributed by atoms with Crippen molar-refractivity contribution in [1.29, 1.82) is 0 Å². The smallest absolute Gasteiger partial charge is 0.254 e. The van der Waals surface area contributed by atoms with Gasteiger partial charge in [-0.3, -0.25) is 0 Å². The van der Waals surface area contributed by atoms with Crippen LogP contribution >= 0.6 is 0 Å². The molecule has 0 atom stereocenters. The number of aryl methyl sites for hydroxylation is 3. The van der Waals surface area contributed by atoms with Gasteiger partial charge in [-0.2, -0.15) is 9.50 Å². The molecular weight excluding hydrogens is 262 g/mol. The average Bonchev–Trinajstić information content (AvgIpc) is 2.81. The summed E-state index contributed by atoms with van der Waals surface area (Å²) in [6.07, 6.45) is 0.969. The Labute approximate surface area is 124 Å². The normalized spacial score (nSPS) is 11.0. The summed E-state index contributed by atoms with van der Waals surface area (Å²) in [5, 5.41) is 7.80. The molecule has 0 fully saturated rings. The van der Waals surface area contributed by atoms with Crippen molar-refractivity contribution >= 4 is 11.6 Å². The van der Waals surface area contributed by atoms with E-state index in [0.29, 0.717) is 5.78 Å². The van der Waals surface area contributed by atoms with E-state index in [1.165, 1.54) is 11.1 Å². The highest BCUT2D eigenvalue weighted by Crippen LogP contribution is 2.12. The largest absolute Gasteiger partial charge is 0.370 e. The SMILES string of the molecule is Cc1ccc(CCNc2cc(C)nc3nc(C)nn23)cc1. The van der Waals surface area contributed by atoms with Crippen molar-refractivity contribution in [2.45, 2.75) is 27.2 Å². The number of nitrogens with one attached hydrogen (secondary N) is 1. The van der Waals surface area contributed by atoms with Crippen LogP contribution < -0.4 is 5.32 Å². The number of hydrogen-bond acceptors (Lipinski definition) is 4. The fraction of sp³-hybridized carbons (Fsp3) is 0.312. The predicted octanol–water partition coefficient (Wildman–Crippen LogP) is 2.70. The number of nitrogens with zero attached hydrogens (tertiary/aromatic N) is 4. The zero-order chi connectivity index (χ0) is 14.8. The second kappa shape index (κ2) is 5.52. The molecule has 0 saturated heterocycles. The number of aromatic nitrogens is 4. The highest BCUT2D eigenvalue weighted by atomic mass is 15.4. The third-order valence-electron chi connectivity index (χ3n) is 3.39. The standard InChI is InChI=1S/C16H19N5/c1-11-4-6-14(7-5-11)8-9-17-15-10-12(2)18-16-19-13(3)20-21(15)16/h4-7,10,17H,8-9H2,1-3H3. The van der Waals surface area contributed by atoms with Crippen LogP contribution in [-0.2, 0) is 6.42 Å². The molecule has 0 aliphatic carbocycles. The third kappa shape index (κ3) is 3.02. The molecule has 0 aliphatic rings. The fourth-order valence-electron chi connectivity index (χ4n) is 2.30. The van der Waals surface area contributed by atoms with E-state index in [4.69, 9.17) is 0 Å². The molecule has 0 bridgehead atoms. The van der Waals surface area contributed by atoms with Gasteiger partial charge in [0.25, 0.3) is 5.78 Å². The summed E-state index contributed by atoms with van der Waals surface area (Å²) in [6.45, 7) is 6.79. The van der Waals surface area contributed by atoms with E-state index in [9.17, 15) is 0 Å². The molecule has 2 heterocycles. The van der Waals surface area contributed by atoms with E-state index in [-0.39, 0.29) is 0 Å². The fourth-order valence-corrected chi connectivity index (χ4v) is 2.30. The number of hydrogen-bond donors (Lipinski definition) is 1. The molecular formula is C16H19N5. The lowest BCUT2D eigenvalue weighted by molar-refractivity contribution is 0.892. The average molecular weight is 281 g/mol. The molecule has 0 saturated carbocycles. The van der Waals surface area contributed by atoms with Crippen LogP contribution in [0, 0.1) is 20.8 Å². The summed E-state index contributed by atoms with van der Waals surface area (Å²) in [5.74, 6) is 2.31. The maximum absolute atomic E-state index is 4.38. The zero-order valence-corrected chi connectivity index (χ0v) is 12.6. The van der Waals surface area contributed by atoms with Crippen LogP contribution in [0.5, 0.6) is 0 Å². The molecule has 108 valence electrons. The Morgan fingerprint density at radius 3 is 2.57 bits per heavy atom. The third-order valence-corrected chi connectivity index (χ3v) is 3.39. The van der Waals surface area contributed by atoms with Gasteiger partial charge in [0, 0.05) is 18.3 Å². The molecule has 2 aromatic heterocycles. The Bertz CT molecular complexity index is 758. The molecule has 3 rings (SSSR count). The Morgan fingerprint density at radius 1 is 1.05 bits per heavy atom. The van der Waals surface area contributed by atoms with Crippen molar-refractivity contribution in [2.24, 2.45) is 0 Å². The second-order valence-corrected chi connectivity index (χ2v) is 5.32. The Kier molecular flexibility index (Phi) is 3.56. The van der Waals surface area contributed by atoms with E-state index >= 15 is 0 Å². The first-order valence-corrected chi connectivity index (χ1v) is 7.12. The van der Waals surface area contributed by atoms with Crippen LogP contribution in [0.15, 0.2) is 30.3 Å². The van der Waals surface area contributed by atoms with Gasteiger partial charge >= 0.3 is 0 Å². The van der Waals surface area contributed by atoms with Gasteiger partial charge in [0.2, 0.25) is 0 Å². The van der Waals surface area contributed by atoms with Gasteiger partial charge in [0.1, 0.15) is 11.6 Å². The minimum absolute atomic E-state index is 0.644. The molecule has 0 radical (unpaired) electrons. The van der Waals surface area contributed by atoms with Crippen molar-refractivity contribution in [2.75, 3.05) is 11.9 Å². The van der Waals surface area contributed by atoms with Gasteiger partial charge in [-0.1, -0.05) is 29.8 Å². The highest BCUT2D eigenvalue weighted by Gasteiger charge is 2.07. The Morgan fingerprint density at radius 2 is 1.81 bits per heavy atom. The first kappa shape index (κ1) is 13.5. The van der Waals surface area contributed by atoms with Gasteiger partial charge in [-0.15, -0.1) is 5.10 Å². The van der Waals surface area contributed by atoms with Gasteiger partial charge in [-0.05, 0) is 32.8 Å². The molecule has 0 unspecified atom stereocenters. The summed E-state index contributed by atoms with van der Waals surface area (Å²) < 4.78 is 1.76. The van der Waals surface area contributed by atoms with E-state index < -0.39 is 0 Å². The molecule has 0 spiro atoms. The lowest BCUT2D eigenvalue weighted by Gasteiger charge is -2.08. The van der Waals surface area contributed by atoms with Gasteiger partial charge in [0.15, 0.2) is 0 Å². The second-order valence-electron chi connectivity index (χ2n) is 5.32. The minimum Gasteiger partial charge on any atom is -0.370 e. The van der Waals surface area contributed by atoms with Crippen molar-refractivity contribution < 1.29 is 0 Å². The van der Waals surface area contributed by atoms with Crippen LogP contribution in [0.1, 0.15) is 22.6 Å². The summed E-state index contributed by atoms with van der Waals surface area (Å²) in [5.41, 5.74) is 3.55. The molecule has 21 heavy (non-hydrogen) atoms. The van der Waals surface area contributed by atoms with Crippen molar-refractivity contribution in [3.63, 3.8) is 0 Å². The topological polar surface area (TPSA) is 55.1 Å². The van der Waals surface area contributed by atoms with Gasteiger partial charge in [0.05, 0.1) is 0 Å². The van der Waals surface area contributed by atoms with Crippen LogP contribution in [0.25, 0.3) is 5.78 Å². The van der Waals surface area contributed by atoms with E-state index in [1.54, 1.807) is 4.52 Å². The quantitative estimate of drug-likeness (QED) is 0.799. The monoisotopic (exact) mass is 281 g/mol. The minimum atomic E-state index is 0.644.